The summed E-state index contributed by atoms with van der Waals surface area (Å²) < 4.78 is 24.6. The second-order valence-electron chi connectivity index (χ2n) is 4.14. The second kappa shape index (κ2) is 5.89. The quantitative estimate of drug-likeness (QED) is 0.795. The van der Waals surface area contributed by atoms with Crippen LogP contribution in [0.15, 0.2) is 22.3 Å². The third-order valence-electron chi connectivity index (χ3n) is 2.93. The van der Waals surface area contributed by atoms with E-state index in [4.69, 9.17) is 32.7 Å². The summed E-state index contributed by atoms with van der Waals surface area (Å²) in [7, 11) is 2.83. The predicted molar refractivity (Wildman–Crippen MR) is 78.9 cm³/mol. The van der Waals surface area contributed by atoms with Gasteiger partial charge in [0.1, 0.15) is 21.6 Å². The number of rotatable bonds is 3. The van der Waals surface area contributed by atoms with E-state index >= 15 is 0 Å². The van der Waals surface area contributed by atoms with Gasteiger partial charge in [-0.1, -0.05) is 23.2 Å². The van der Waals surface area contributed by atoms with Crippen molar-refractivity contribution >= 4 is 35.2 Å². The van der Waals surface area contributed by atoms with Gasteiger partial charge in [0.2, 0.25) is 0 Å². The van der Waals surface area contributed by atoms with E-state index in [0.717, 1.165) is 0 Å². The van der Waals surface area contributed by atoms with Gasteiger partial charge < -0.3 is 14.4 Å². The van der Waals surface area contributed by atoms with Crippen molar-refractivity contribution in [3.05, 3.63) is 28.1 Å². The zero-order valence-corrected chi connectivity index (χ0v) is 12.7. The van der Waals surface area contributed by atoms with Crippen LogP contribution in [0.25, 0.3) is 0 Å². The molecule has 0 amide bonds. The summed E-state index contributed by atoms with van der Waals surface area (Å²) in [5, 5.41) is 0.496. The Morgan fingerprint density at radius 1 is 1.25 bits per heavy atom. The molecule has 1 aromatic rings. The molecule has 1 aromatic carbocycles. The Kier molecular flexibility index (Phi) is 4.40. The van der Waals surface area contributed by atoms with Gasteiger partial charge in [-0.2, -0.15) is 0 Å². The lowest BCUT2D eigenvalue weighted by Gasteiger charge is -2.29. The van der Waals surface area contributed by atoms with Gasteiger partial charge in [0.25, 0.3) is 0 Å². The van der Waals surface area contributed by atoms with Crippen molar-refractivity contribution < 1.29 is 13.9 Å². The molecular formula is C13H13Cl2FN2O2. The van der Waals surface area contributed by atoms with Crippen molar-refractivity contribution in [2.75, 3.05) is 19.1 Å². The third kappa shape index (κ3) is 2.55. The van der Waals surface area contributed by atoms with E-state index < -0.39 is 5.82 Å². The lowest BCUT2D eigenvalue weighted by molar-refractivity contribution is 0.374. The van der Waals surface area contributed by atoms with Gasteiger partial charge in [-0.3, -0.25) is 0 Å². The number of aliphatic imine (C=N–C) groups is 1. The van der Waals surface area contributed by atoms with Crippen LogP contribution in [0.1, 0.15) is 6.92 Å². The number of benzene rings is 1. The summed E-state index contributed by atoms with van der Waals surface area (Å²) in [6.45, 7) is 1.84. The highest BCUT2D eigenvalue weighted by atomic mass is 35.5. The van der Waals surface area contributed by atoms with Gasteiger partial charge in [-0.25, -0.2) is 9.38 Å². The maximum Gasteiger partial charge on any atom is 0.190 e. The first kappa shape index (κ1) is 14.9. The SMILES string of the molecule is COc1cc(OC)c(Cl)c(N2C=NC(Cl)=CC2C)c1F. The van der Waals surface area contributed by atoms with Gasteiger partial charge >= 0.3 is 0 Å². The van der Waals surface area contributed by atoms with Crippen LogP contribution in [0.4, 0.5) is 10.1 Å². The summed E-state index contributed by atoms with van der Waals surface area (Å²) >= 11 is 12.0. The third-order valence-corrected chi connectivity index (χ3v) is 3.52. The van der Waals surface area contributed by atoms with Crippen molar-refractivity contribution in [1.29, 1.82) is 0 Å². The minimum Gasteiger partial charge on any atom is -0.495 e. The molecule has 1 unspecified atom stereocenters. The molecule has 20 heavy (non-hydrogen) atoms. The Morgan fingerprint density at radius 3 is 2.45 bits per heavy atom. The molecule has 1 atom stereocenters. The van der Waals surface area contributed by atoms with Gasteiger partial charge in [0.15, 0.2) is 11.6 Å². The molecule has 1 aliphatic rings. The van der Waals surface area contributed by atoms with Crippen LogP contribution < -0.4 is 14.4 Å². The molecule has 0 bridgehead atoms. The van der Waals surface area contributed by atoms with E-state index in [2.05, 4.69) is 4.99 Å². The Morgan fingerprint density at radius 2 is 1.90 bits per heavy atom. The molecular weight excluding hydrogens is 306 g/mol. The number of hydrogen-bond donors (Lipinski definition) is 0. The predicted octanol–water partition coefficient (Wildman–Crippen LogP) is 3.81. The Hall–Kier alpha value is -1.46. The number of anilines is 1. The molecule has 0 fully saturated rings. The minimum atomic E-state index is -0.581. The van der Waals surface area contributed by atoms with E-state index in [-0.39, 0.29) is 22.5 Å². The molecule has 0 radical (unpaired) electrons. The molecule has 2 rings (SSSR count). The highest BCUT2D eigenvalue weighted by Crippen LogP contribution is 2.42. The number of ether oxygens (including phenoxy) is 2. The molecule has 0 saturated carbocycles. The van der Waals surface area contributed by atoms with Gasteiger partial charge in [0, 0.05) is 6.07 Å². The van der Waals surface area contributed by atoms with Crippen molar-refractivity contribution in [2.45, 2.75) is 13.0 Å². The van der Waals surface area contributed by atoms with E-state index in [1.165, 1.54) is 26.6 Å². The molecule has 0 aromatic heterocycles. The molecule has 108 valence electrons. The fraction of sp³-hybridized carbons (Fsp3) is 0.308. The average molecular weight is 319 g/mol. The van der Waals surface area contributed by atoms with E-state index in [0.29, 0.717) is 10.9 Å². The standard InChI is InChI=1S/C13H13Cl2FN2O2/c1-7-4-10(14)17-6-18(7)13-11(15)8(19-2)5-9(20-3)12(13)16/h4-7H,1-3H3. The molecule has 1 heterocycles. The van der Waals surface area contributed by atoms with Crippen molar-refractivity contribution in [3.8, 4) is 11.5 Å². The summed E-state index contributed by atoms with van der Waals surface area (Å²) in [5.74, 6) is -0.216. The highest BCUT2D eigenvalue weighted by Gasteiger charge is 2.26. The largest absolute Gasteiger partial charge is 0.495 e. The molecule has 0 spiro atoms. The molecule has 0 N–H and O–H groups in total. The number of halogens is 3. The van der Waals surface area contributed by atoms with Crippen LogP contribution in [-0.4, -0.2) is 26.6 Å². The fourth-order valence-electron chi connectivity index (χ4n) is 1.91. The van der Waals surface area contributed by atoms with E-state index in [1.807, 2.05) is 6.92 Å². The lowest BCUT2D eigenvalue weighted by atomic mass is 10.2. The lowest BCUT2D eigenvalue weighted by Crippen LogP contribution is -2.33. The maximum absolute atomic E-state index is 14.5. The topological polar surface area (TPSA) is 34.1 Å². The van der Waals surface area contributed by atoms with Gasteiger partial charge in [-0.15, -0.1) is 0 Å². The molecule has 0 saturated heterocycles. The van der Waals surface area contributed by atoms with Crippen molar-refractivity contribution in [2.24, 2.45) is 4.99 Å². The zero-order valence-electron chi connectivity index (χ0n) is 11.2. The smallest absolute Gasteiger partial charge is 0.190 e. The number of methoxy groups -OCH3 is 2. The normalized spacial score (nSPS) is 18.0. The van der Waals surface area contributed by atoms with E-state index in [9.17, 15) is 4.39 Å². The summed E-state index contributed by atoms with van der Waals surface area (Å²) in [5.41, 5.74) is 0.138. The minimum absolute atomic E-state index is 0.0440. The first-order valence-corrected chi connectivity index (χ1v) is 6.55. The van der Waals surface area contributed by atoms with Gasteiger partial charge in [0.05, 0.1) is 26.6 Å². The molecule has 4 nitrogen and oxygen atoms in total. The fourth-order valence-corrected chi connectivity index (χ4v) is 2.44. The number of nitrogens with zero attached hydrogens (tertiary/aromatic N) is 2. The molecule has 0 aliphatic carbocycles. The van der Waals surface area contributed by atoms with Crippen LogP contribution in [0.2, 0.25) is 5.02 Å². The first-order valence-electron chi connectivity index (χ1n) is 5.79. The highest BCUT2D eigenvalue weighted by molar-refractivity contribution is 6.35. The summed E-state index contributed by atoms with van der Waals surface area (Å²) in [6.07, 6.45) is 3.11. The van der Waals surface area contributed by atoms with Crippen molar-refractivity contribution in [1.82, 2.24) is 0 Å². The Balaban J connectivity index is 2.59. The Labute approximate surface area is 126 Å². The Bertz CT molecular complexity index is 562. The average Bonchev–Trinajstić information content (AvgIpc) is 2.41. The zero-order chi connectivity index (χ0) is 14.9. The van der Waals surface area contributed by atoms with Crippen LogP contribution in [0.3, 0.4) is 0 Å². The van der Waals surface area contributed by atoms with Gasteiger partial charge in [-0.05, 0) is 13.0 Å². The van der Waals surface area contributed by atoms with Crippen molar-refractivity contribution in [3.63, 3.8) is 0 Å². The van der Waals surface area contributed by atoms with E-state index in [1.54, 1.807) is 11.0 Å². The van der Waals surface area contributed by atoms with Crippen LogP contribution >= 0.6 is 23.2 Å². The van der Waals surface area contributed by atoms with Crippen LogP contribution in [0, 0.1) is 5.82 Å². The van der Waals surface area contributed by atoms with Crippen LogP contribution in [-0.2, 0) is 0 Å². The monoisotopic (exact) mass is 318 g/mol. The molecule has 1 aliphatic heterocycles. The van der Waals surface area contributed by atoms with Crippen LogP contribution in [0.5, 0.6) is 11.5 Å². The first-order chi connectivity index (χ1) is 9.49. The maximum atomic E-state index is 14.5. The summed E-state index contributed by atoms with van der Waals surface area (Å²) in [6, 6.07) is 1.19. The second-order valence-corrected chi connectivity index (χ2v) is 4.90. The number of hydrogen-bond acceptors (Lipinski definition) is 4. The summed E-state index contributed by atoms with van der Waals surface area (Å²) in [4.78, 5) is 5.52. The molecule has 7 heteroatoms.